The van der Waals surface area contributed by atoms with Gasteiger partial charge in [0.15, 0.2) is 0 Å². The molecule has 8 aromatic rings. The summed E-state index contributed by atoms with van der Waals surface area (Å²) < 4.78 is 2.53. The van der Waals surface area contributed by atoms with Crippen molar-refractivity contribution in [3.63, 3.8) is 0 Å². The third-order valence-corrected chi connectivity index (χ3v) is 9.30. The molecule has 0 aliphatic heterocycles. The predicted molar refractivity (Wildman–Crippen MR) is 170 cm³/mol. The van der Waals surface area contributed by atoms with E-state index in [9.17, 15) is 0 Å². The summed E-state index contributed by atoms with van der Waals surface area (Å²) in [5.74, 6) is 0. The van der Waals surface area contributed by atoms with E-state index in [1.165, 1.54) is 82.4 Å². The minimum Gasteiger partial charge on any atom is -0.308 e. The first-order chi connectivity index (χ1) is 19.6. The first kappa shape index (κ1) is 22.0. The van der Waals surface area contributed by atoms with Crippen molar-refractivity contribution in [3.8, 4) is 28.1 Å². The summed E-state index contributed by atoms with van der Waals surface area (Å²) in [5, 5.41) is 9.28. The van der Waals surface area contributed by atoms with E-state index in [0.717, 1.165) is 0 Å². The molecule has 1 heterocycles. The first-order valence-electron chi connectivity index (χ1n) is 14.1. The molecule has 7 aromatic carbocycles. The third kappa shape index (κ3) is 2.67. The van der Waals surface area contributed by atoms with E-state index in [1.807, 2.05) is 0 Å². The molecule has 9 rings (SSSR count). The van der Waals surface area contributed by atoms with E-state index < -0.39 is 0 Å². The zero-order valence-electron chi connectivity index (χ0n) is 22.6. The van der Waals surface area contributed by atoms with Crippen LogP contribution in [0.2, 0.25) is 0 Å². The van der Waals surface area contributed by atoms with Gasteiger partial charge in [0.05, 0.1) is 11.2 Å². The minimum absolute atomic E-state index is 0.0918. The van der Waals surface area contributed by atoms with Crippen LogP contribution in [0.1, 0.15) is 25.0 Å². The Morgan fingerprint density at radius 3 is 1.95 bits per heavy atom. The van der Waals surface area contributed by atoms with Gasteiger partial charge in [0.1, 0.15) is 0 Å². The number of benzene rings is 7. The highest BCUT2D eigenvalue weighted by atomic mass is 15.0. The Morgan fingerprint density at radius 1 is 0.475 bits per heavy atom. The SMILES string of the molecule is CC1(C)c2ccccc2-c2c1c1cccc(-c3ccc4ccc5cccc6ccc3c4c56)c1n2-c1ccccc1. The molecule has 0 spiro atoms. The first-order valence-corrected chi connectivity index (χ1v) is 14.1. The summed E-state index contributed by atoms with van der Waals surface area (Å²) in [6.07, 6.45) is 0. The monoisotopic (exact) mass is 509 g/mol. The second-order valence-electron chi connectivity index (χ2n) is 11.7. The van der Waals surface area contributed by atoms with Gasteiger partial charge in [-0.2, -0.15) is 0 Å². The lowest BCUT2D eigenvalue weighted by molar-refractivity contribution is 0.666. The van der Waals surface area contributed by atoms with Crippen LogP contribution in [0.5, 0.6) is 0 Å². The topological polar surface area (TPSA) is 4.93 Å². The van der Waals surface area contributed by atoms with Crippen LogP contribution in [0.4, 0.5) is 0 Å². The second-order valence-corrected chi connectivity index (χ2v) is 11.7. The van der Waals surface area contributed by atoms with Gasteiger partial charge in [-0.05, 0) is 61.1 Å². The van der Waals surface area contributed by atoms with Gasteiger partial charge in [0.2, 0.25) is 0 Å². The molecule has 0 bridgehead atoms. The molecule has 1 aromatic heterocycles. The normalized spacial score (nSPS) is 13.9. The molecule has 1 nitrogen and oxygen atoms in total. The van der Waals surface area contributed by atoms with Gasteiger partial charge in [-0.1, -0.05) is 129 Å². The van der Waals surface area contributed by atoms with Crippen LogP contribution >= 0.6 is 0 Å². The average molecular weight is 510 g/mol. The van der Waals surface area contributed by atoms with Crippen LogP contribution in [0.25, 0.3) is 71.3 Å². The highest BCUT2D eigenvalue weighted by Crippen LogP contribution is 2.55. The van der Waals surface area contributed by atoms with Crippen molar-refractivity contribution >= 4 is 43.2 Å². The summed E-state index contributed by atoms with van der Waals surface area (Å²) in [6, 6.07) is 47.2. The summed E-state index contributed by atoms with van der Waals surface area (Å²) in [5.41, 5.74) is 10.5. The highest BCUT2D eigenvalue weighted by molar-refractivity contribution is 6.26. The van der Waals surface area contributed by atoms with Gasteiger partial charge in [-0.15, -0.1) is 0 Å². The van der Waals surface area contributed by atoms with Crippen LogP contribution in [-0.4, -0.2) is 4.57 Å². The van der Waals surface area contributed by atoms with Crippen molar-refractivity contribution in [1.29, 1.82) is 0 Å². The molecule has 0 atom stereocenters. The molecular formula is C39H27N. The maximum atomic E-state index is 2.53. The number of aromatic nitrogens is 1. The van der Waals surface area contributed by atoms with Crippen LogP contribution in [0.15, 0.2) is 127 Å². The standard InChI is InChI=1S/C39H27N/c1-39(2)33-17-7-6-14-31(33)38-36(39)32-16-9-15-30(37(32)40(38)27-12-4-3-5-13-27)28-22-20-26-19-18-24-10-8-11-25-21-23-29(28)35(26)34(24)25/h3-23H,1-2H3. The summed E-state index contributed by atoms with van der Waals surface area (Å²) in [4.78, 5) is 0. The molecule has 1 aliphatic carbocycles. The number of rotatable bonds is 2. The van der Waals surface area contributed by atoms with E-state index in [1.54, 1.807) is 0 Å². The summed E-state index contributed by atoms with van der Waals surface area (Å²) in [6.45, 7) is 4.77. The molecule has 1 aliphatic rings. The molecule has 0 amide bonds. The van der Waals surface area contributed by atoms with Crippen LogP contribution in [-0.2, 0) is 5.41 Å². The Balaban J connectivity index is 1.47. The van der Waals surface area contributed by atoms with Gasteiger partial charge in [0, 0.05) is 27.6 Å². The number of nitrogens with zero attached hydrogens (tertiary/aromatic N) is 1. The van der Waals surface area contributed by atoms with E-state index in [4.69, 9.17) is 0 Å². The molecule has 40 heavy (non-hydrogen) atoms. The Labute approximate surface area is 233 Å². The van der Waals surface area contributed by atoms with E-state index >= 15 is 0 Å². The van der Waals surface area contributed by atoms with Crippen molar-refractivity contribution in [2.24, 2.45) is 0 Å². The van der Waals surface area contributed by atoms with Crippen molar-refractivity contribution in [1.82, 2.24) is 4.57 Å². The van der Waals surface area contributed by atoms with Gasteiger partial charge in [-0.3, -0.25) is 0 Å². The molecule has 1 heteroatoms. The van der Waals surface area contributed by atoms with Crippen molar-refractivity contribution in [3.05, 3.63) is 139 Å². The summed E-state index contributed by atoms with van der Waals surface area (Å²) >= 11 is 0. The average Bonchev–Trinajstić information content (AvgIpc) is 3.47. The molecule has 0 radical (unpaired) electrons. The number of hydrogen-bond donors (Lipinski definition) is 0. The molecule has 0 saturated carbocycles. The molecule has 0 saturated heterocycles. The van der Waals surface area contributed by atoms with Crippen LogP contribution in [0, 0.1) is 0 Å². The Kier molecular flexibility index (Phi) is 4.18. The van der Waals surface area contributed by atoms with Crippen molar-refractivity contribution in [2.75, 3.05) is 0 Å². The number of para-hydroxylation sites is 2. The zero-order valence-corrected chi connectivity index (χ0v) is 22.6. The quantitative estimate of drug-likeness (QED) is 0.204. The van der Waals surface area contributed by atoms with Crippen LogP contribution < -0.4 is 0 Å². The van der Waals surface area contributed by atoms with Crippen molar-refractivity contribution < 1.29 is 0 Å². The predicted octanol–water partition coefficient (Wildman–Crippen LogP) is 10.5. The lowest BCUT2D eigenvalue weighted by Crippen LogP contribution is -2.14. The highest BCUT2D eigenvalue weighted by Gasteiger charge is 2.40. The molecule has 0 unspecified atom stereocenters. The molecule has 0 fully saturated rings. The fourth-order valence-electron chi connectivity index (χ4n) is 7.62. The second kappa shape index (κ2) is 7.61. The minimum atomic E-state index is -0.0918. The molecular weight excluding hydrogens is 482 g/mol. The lowest BCUT2D eigenvalue weighted by Gasteiger charge is -2.22. The third-order valence-electron chi connectivity index (χ3n) is 9.30. The number of hydrogen-bond acceptors (Lipinski definition) is 0. The Morgan fingerprint density at radius 2 is 1.12 bits per heavy atom. The molecule has 188 valence electrons. The maximum Gasteiger partial charge on any atom is 0.0616 e. The van der Waals surface area contributed by atoms with Crippen molar-refractivity contribution in [2.45, 2.75) is 19.3 Å². The van der Waals surface area contributed by atoms with E-state index in [2.05, 4.69) is 146 Å². The van der Waals surface area contributed by atoms with Gasteiger partial charge < -0.3 is 4.57 Å². The Hall–Kier alpha value is -4.88. The zero-order chi connectivity index (χ0) is 26.6. The molecule has 0 N–H and O–H groups in total. The van der Waals surface area contributed by atoms with E-state index in [-0.39, 0.29) is 5.41 Å². The Bertz CT molecular complexity index is 2270. The largest absolute Gasteiger partial charge is 0.308 e. The van der Waals surface area contributed by atoms with Gasteiger partial charge in [0.25, 0.3) is 0 Å². The lowest BCUT2D eigenvalue weighted by atomic mass is 9.81. The smallest absolute Gasteiger partial charge is 0.0616 e. The fraction of sp³-hybridized carbons (Fsp3) is 0.0769. The van der Waals surface area contributed by atoms with E-state index in [0.29, 0.717) is 0 Å². The number of fused-ring (bicyclic) bond motifs is 5. The fourth-order valence-corrected chi connectivity index (χ4v) is 7.62. The van der Waals surface area contributed by atoms with Gasteiger partial charge >= 0.3 is 0 Å². The van der Waals surface area contributed by atoms with Crippen LogP contribution in [0.3, 0.4) is 0 Å². The van der Waals surface area contributed by atoms with Gasteiger partial charge in [-0.25, -0.2) is 0 Å². The maximum absolute atomic E-state index is 2.53. The summed E-state index contributed by atoms with van der Waals surface area (Å²) in [7, 11) is 0.